The Morgan fingerprint density at radius 2 is 1.90 bits per heavy atom. The van der Waals surface area contributed by atoms with E-state index in [-0.39, 0.29) is 0 Å². The first-order valence-electron chi connectivity index (χ1n) is 6.99. The summed E-state index contributed by atoms with van der Waals surface area (Å²) in [6.07, 6.45) is 1.62. The van der Waals surface area contributed by atoms with Gasteiger partial charge in [-0.1, -0.05) is 22.0 Å². The smallest absolute Gasteiger partial charge is 0.135 e. The van der Waals surface area contributed by atoms with Crippen molar-refractivity contribution in [3.8, 4) is 0 Å². The molecule has 1 fully saturated rings. The van der Waals surface area contributed by atoms with Gasteiger partial charge in [0.25, 0.3) is 0 Å². The van der Waals surface area contributed by atoms with E-state index in [4.69, 9.17) is 0 Å². The van der Waals surface area contributed by atoms with Gasteiger partial charge in [-0.05, 0) is 25.2 Å². The van der Waals surface area contributed by atoms with E-state index in [0.717, 1.165) is 48.0 Å². The van der Waals surface area contributed by atoms with Crippen LogP contribution < -0.4 is 10.2 Å². The number of nitrogens with one attached hydrogen (secondary N) is 1. The molecule has 0 radical (unpaired) electrons. The summed E-state index contributed by atoms with van der Waals surface area (Å²) in [5, 5.41) is 3.31. The molecular formula is C15H18BrN5. The van der Waals surface area contributed by atoms with Crippen molar-refractivity contribution in [3.05, 3.63) is 41.1 Å². The van der Waals surface area contributed by atoms with Crippen molar-refractivity contribution in [2.24, 2.45) is 0 Å². The van der Waals surface area contributed by atoms with Crippen molar-refractivity contribution in [1.29, 1.82) is 0 Å². The number of benzene rings is 1. The lowest BCUT2D eigenvalue weighted by Crippen LogP contribution is -2.44. The summed E-state index contributed by atoms with van der Waals surface area (Å²) in [4.78, 5) is 13.3. The van der Waals surface area contributed by atoms with Crippen molar-refractivity contribution < 1.29 is 0 Å². The number of likely N-dealkylation sites (N-methyl/N-ethyl adjacent to an activating group) is 1. The van der Waals surface area contributed by atoms with Crippen LogP contribution in [0.25, 0.3) is 0 Å². The van der Waals surface area contributed by atoms with E-state index in [9.17, 15) is 0 Å². The lowest BCUT2D eigenvalue weighted by Gasteiger charge is -2.33. The van der Waals surface area contributed by atoms with Crippen molar-refractivity contribution in [3.63, 3.8) is 0 Å². The molecule has 1 N–H and O–H groups in total. The van der Waals surface area contributed by atoms with Gasteiger partial charge >= 0.3 is 0 Å². The van der Waals surface area contributed by atoms with Crippen LogP contribution in [-0.2, 0) is 0 Å². The van der Waals surface area contributed by atoms with E-state index >= 15 is 0 Å². The van der Waals surface area contributed by atoms with Gasteiger partial charge < -0.3 is 15.1 Å². The van der Waals surface area contributed by atoms with E-state index in [1.165, 1.54) is 0 Å². The van der Waals surface area contributed by atoms with Crippen LogP contribution in [0.1, 0.15) is 0 Å². The van der Waals surface area contributed by atoms with E-state index in [2.05, 4.69) is 48.1 Å². The summed E-state index contributed by atoms with van der Waals surface area (Å²) < 4.78 is 1.04. The number of halogens is 1. The third kappa shape index (κ3) is 3.71. The van der Waals surface area contributed by atoms with Crippen molar-refractivity contribution in [2.75, 3.05) is 43.4 Å². The molecule has 0 saturated carbocycles. The fraction of sp³-hybridized carbons (Fsp3) is 0.333. The number of aromatic nitrogens is 2. The summed E-state index contributed by atoms with van der Waals surface area (Å²) in [6.45, 7) is 4.14. The molecule has 1 aromatic heterocycles. The highest BCUT2D eigenvalue weighted by atomic mass is 79.9. The van der Waals surface area contributed by atoms with Gasteiger partial charge in [0, 0.05) is 42.4 Å². The second-order valence-corrected chi connectivity index (χ2v) is 6.10. The predicted molar refractivity (Wildman–Crippen MR) is 89.2 cm³/mol. The minimum atomic E-state index is 0.817. The Balaban J connectivity index is 1.74. The number of rotatable bonds is 3. The van der Waals surface area contributed by atoms with Crippen LogP contribution in [0, 0.1) is 0 Å². The molecule has 6 heteroatoms. The minimum absolute atomic E-state index is 0.817. The standard InChI is InChI=1S/C15H18BrN5/c1-20-5-7-21(8-6-20)15-10-14(17-11-18-15)19-13-4-2-3-12(16)9-13/h2-4,9-11H,5-8H2,1H3,(H,17,18,19). The highest BCUT2D eigenvalue weighted by Gasteiger charge is 2.15. The normalized spacial score (nSPS) is 16.0. The maximum atomic E-state index is 4.39. The molecule has 21 heavy (non-hydrogen) atoms. The van der Waals surface area contributed by atoms with E-state index in [1.807, 2.05) is 30.3 Å². The van der Waals surface area contributed by atoms with Gasteiger partial charge in [-0.2, -0.15) is 0 Å². The Bertz CT molecular complexity index is 611. The molecule has 0 amide bonds. The second kappa shape index (κ2) is 6.41. The summed E-state index contributed by atoms with van der Waals surface area (Å²) >= 11 is 3.47. The van der Waals surface area contributed by atoms with Crippen molar-refractivity contribution in [1.82, 2.24) is 14.9 Å². The first-order chi connectivity index (χ1) is 10.2. The number of piperazine rings is 1. The number of hydrogen-bond acceptors (Lipinski definition) is 5. The fourth-order valence-electron chi connectivity index (χ4n) is 2.34. The zero-order valence-electron chi connectivity index (χ0n) is 12.0. The van der Waals surface area contributed by atoms with Crippen LogP contribution >= 0.6 is 15.9 Å². The molecule has 0 bridgehead atoms. The van der Waals surface area contributed by atoms with Gasteiger partial charge in [-0.25, -0.2) is 9.97 Å². The third-order valence-electron chi connectivity index (χ3n) is 3.58. The van der Waals surface area contributed by atoms with Crippen LogP contribution in [0.5, 0.6) is 0 Å². The largest absolute Gasteiger partial charge is 0.354 e. The molecule has 2 heterocycles. The summed E-state index contributed by atoms with van der Waals surface area (Å²) in [6, 6.07) is 10.0. The second-order valence-electron chi connectivity index (χ2n) is 5.19. The molecule has 1 aromatic carbocycles. The number of anilines is 3. The van der Waals surface area contributed by atoms with Gasteiger partial charge in [0.05, 0.1) is 0 Å². The van der Waals surface area contributed by atoms with Gasteiger partial charge in [-0.3, -0.25) is 0 Å². The minimum Gasteiger partial charge on any atom is -0.354 e. The SMILES string of the molecule is CN1CCN(c2cc(Nc3cccc(Br)c3)ncn2)CC1. The number of nitrogens with zero attached hydrogens (tertiary/aromatic N) is 4. The van der Waals surface area contributed by atoms with E-state index in [1.54, 1.807) is 6.33 Å². The van der Waals surface area contributed by atoms with Crippen LogP contribution in [0.4, 0.5) is 17.3 Å². The average molecular weight is 348 g/mol. The molecule has 3 rings (SSSR count). The molecule has 1 aliphatic heterocycles. The van der Waals surface area contributed by atoms with Crippen LogP contribution in [0.2, 0.25) is 0 Å². The Morgan fingerprint density at radius 3 is 2.67 bits per heavy atom. The van der Waals surface area contributed by atoms with Crippen molar-refractivity contribution in [2.45, 2.75) is 0 Å². The topological polar surface area (TPSA) is 44.3 Å². The molecule has 0 atom stereocenters. The Hall–Kier alpha value is -1.66. The zero-order chi connectivity index (χ0) is 14.7. The first kappa shape index (κ1) is 14.3. The van der Waals surface area contributed by atoms with Gasteiger partial charge in [-0.15, -0.1) is 0 Å². The Kier molecular flexibility index (Phi) is 4.36. The fourth-order valence-corrected chi connectivity index (χ4v) is 2.74. The molecular weight excluding hydrogens is 330 g/mol. The summed E-state index contributed by atoms with van der Waals surface area (Å²) in [7, 11) is 2.15. The molecule has 0 aliphatic carbocycles. The van der Waals surface area contributed by atoms with E-state index in [0.29, 0.717) is 0 Å². The molecule has 110 valence electrons. The monoisotopic (exact) mass is 347 g/mol. The van der Waals surface area contributed by atoms with Crippen LogP contribution in [0.15, 0.2) is 41.1 Å². The molecule has 0 spiro atoms. The maximum absolute atomic E-state index is 4.39. The number of hydrogen-bond donors (Lipinski definition) is 1. The molecule has 0 unspecified atom stereocenters. The summed E-state index contributed by atoms with van der Waals surface area (Å²) in [5.74, 6) is 1.80. The van der Waals surface area contributed by atoms with Crippen LogP contribution in [-0.4, -0.2) is 48.1 Å². The van der Waals surface area contributed by atoms with Gasteiger partial charge in [0.1, 0.15) is 18.0 Å². The zero-order valence-corrected chi connectivity index (χ0v) is 13.5. The molecule has 5 nitrogen and oxygen atoms in total. The quantitative estimate of drug-likeness (QED) is 0.924. The predicted octanol–water partition coefficient (Wildman–Crippen LogP) is 2.73. The van der Waals surface area contributed by atoms with Crippen molar-refractivity contribution >= 4 is 33.3 Å². The highest BCUT2D eigenvalue weighted by molar-refractivity contribution is 9.10. The van der Waals surface area contributed by atoms with E-state index < -0.39 is 0 Å². The molecule has 1 aliphatic rings. The van der Waals surface area contributed by atoms with Gasteiger partial charge in [0.15, 0.2) is 0 Å². The Labute approximate surface area is 133 Å². The lowest BCUT2D eigenvalue weighted by atomic mass is 10.3. The summed E-state index contributed by atoms with van der Waals surface area (Å²) in [5.41, 5.74) is 1.01. The first-order valence-corrected chi connectivity index (χ1v) is 7.78. The molecule has 1 saturated heterocycles. The average Bonchev–Trinajstić information content (AvgIpc) is 2.48. The van der Waals surface area contributed by atoms with Gasteiger partial charge in [0.2, 0.25) is 0 Å². The Morgan fingerprint density at radius 1 is 1.10 bits per heavy atom. The lowest BCUT2D eigenvalue weighted by molar-refractivity contribution is 0.312. The van der Waals surface area contributed by atoms with Crippen LogP contribution in [0.3, 0.4) is 0 Å². The maximum Gasteiger partial charge on any atom is 0.135 e. The highest BCUT2D eigenvalue weighted by Crippen LogP contribution is 2.21. The molecule has 2 aromatic rings. The third-order valence-corrected chi connectivity index (χ3v) is 4.07.